The van der Waals surface area contributed by atoms with Crippen molar-refractivity contribution in [3.05, 3.63) is 93.5 Å². The number of sulfonamides is 1. The predicted octanol–water partition coefficient (Wildman–Crippen LogP) is 4.97. The zero-order valence-corrected chi connectivity index (χ0v) is 23.4. The lowest BCUT2D eigenvalue weighted by atomic mass is 10.1. The van der Waals surface area contributed by atoms with Crippen LogP contribution >= 0.6 is 23.2 Å². The Labute approximate surface area is 228 Å². The lowest BCUT2D eigenvalue weighted by molar-refractivity contribution is -0.139. The number of carbonyl (C=O) groups is 2. The first-order valence-electron chi connectivity index (χ1n) is 11.6. The minimum Gasteiger partial charge on any atom is -0.357 e. The van der Waals surface area contributed by atoms with Gasteiger partial charge < -0.3 is 10.2 Å². The maximum Gasteiger partial charge on any atom is 0.264 e. The fourth-order valence-corrected chi connectivity index (χ4v) is 5.47. The number of amides is 2. The summed E-state index contributed by atoms with van der Waals surface area (Å²) in [7, 11) is -2.69. The second-order valence-electron chi connectivity index (χ2n) is 8.64. The molecule has 0 saturated heterocycles. The topological polar surface area (TPSA) is 86.8 Å². The van der Waals surface area contributed by atoms with Crippen LogP contribution in [0, 0.1) is 13.8 Å². The van der Waals surface area contributed by atoms with Crippen LogP contribution in [0.4, 0.5) is 5.69 Å². The highest BCUT2D eigenvalue weighted by atomic mass is 35.5. The smallest absolute Gasteiger partial charge is 0.264 e. The Morgan fingerprint density at radius 1 is 0.946 bits per heavy atom. The summed E-state index contributed by atoms with van der Waals surface area (Å²) in [6.45, 7) is 4.86. The van der Waals surface area contributed by atoms with Gasteiger partial charge in [-0.15, -0.1) is 0 Å². The van der Waals surface area contributed by atoms with Gasteiger partial charge in [0.15, 0.2) is 0 Å². The van der Waals surface area contributed by atoms with E-state index < -0.39 is 34.4 Å². The summed E-state index contributed by atoms with van der Waals surface area (Å²) >= 11 is 12.3. The number of aryl methyl sites for hydroxylation is 2. The molecule has 0 aliphatic rings. The van der Waals surface area contributed by atoms with Crippen molar-refractivity contribution in [2.45, 2.75) is 38.3 Å². The average Bonchev–Trinajstić information content (AvgIpc) is 2.87. The molecule has 0 aliphatic carbocycles. The number of benzene rings is 3. The molecule has 7 nitrogen and oxygen atoms in total. The van der Waals surface area contributed by atoms with Crippen LogP contribution < -0.4 is 9.62 Å². The Hall–Kier alpha value is -3.07. The van der Waals surface area contributed by atoms with E-state index in [1.54, 1.807) is 49.4 Å². The van der Waals surface area contributed by atoms with Gasteiger partial charge in [-0.05, 0) is 79.9 Å². The summed E-state index contributed by atoms with van der Waals surface area (Å²) in [6, 6.07) is 17.0. The van der Waals surface area contributed by atoms with E-state index in [-0.39, 0.29) is 11.4 Å². The molecule has 0 heterocycles. The normalized spacial score (nSPS) is 12.1. The number of halogens is 2. The Bertz CT molecular complexity index is 1400. The SMILES string of the molecule is CNC(=O)[C@H](C)N(Cc1ccccc1Cl)C(=O)CN(c1ccc(C)c(C)c1)S(=O)(=O)c1ccc(Cl)cc1. The largest absolute Gasteiger partial charge is 0.357 e. The molecule has 1 atom stereocenters. The fraction of sp³-hybridized carbons (Fsp3) is 0.259. The number of rotatable bonds is 9. The number of hydrogen-bond acceptors (Lipinski definition) is 4. The molecule has 0 saturated carbocycles. The second kappa shape index (κ2) is 12.0. The highest BCUT2D eigenvalue weighted by Gasteiger charge is 2.32. The predicted molar refractivity (Wildman–Crippen MR) is 147 cm³/mol. The number of likely N-dealkylation sites (N-methyl/N-ethyl adjacent to an activating group) is 1. The van der Waals surface area contributed by atoms with E-state index in [0.29, 0.717) is 21.3 Å². The molecule has 0 bridgehead atoms. The molecule has 37 heavy (non-hydrogen) atoms. The molecule has 0 unspecified atom stereocenters. The van der Waals surface area contributed by atoms with Crippen molar-refractivity contribution >= 4 is 50.7 Å². The van der Waals surface area contributed by atoms with E-state index in [0.717, 1.165) is 15.4 Å². The van der Waals surface area contributed by atoms with Crippen molar-refractivity contribution in [3.8, 4) is 0 Å². The highest BCUT2D eigenvalue weighted by Crippen LogP contribution is 2.27. The van der Waals surface area contributed by atoms with E-state index in [2.05, 4.69) is 5.32 Å². The number of hydrogen-bond donors (Lipinski definition) is 1. The number of nitrogens with zero attached hydrogens (tertiary/aromatic N) is 2. The van der Waals surface area contributed by atoms with Crippen LogP contribution in [0.3, 0.4) is 0 Å². The van der Waals surface area contributed by atoms with E-state index in [1.165, 1.54) is 36.2 Å². The van der Waals surface area contributed by atoms with Crippen LogP contribution in [0.25, 0.3) is 0 Å². The van der Waals surface area contributed by atoms with Crippen molar-refractivity contribution < 1.29 is 18.0 Å². The van der Waals surface area contributed by atoms with Gasteiger partial charge in [-0.3, -0.25) is 13.9 Å². The molecule has 1 N–H and O–H groups in total. The summed E-state index contributed by atoms with van der Waals surface area (Å²) in [4.78, 5) is 27.6. The Kier molecular flexibility index (Phi) is 9.23. The van der Waals surface area contributed by atoms with Gasteiger partial charge in [0.1, 0.15) is 12.6 Å². The van der Waals surface area contributed by atoms with Crippen LogP contribution in [-0.4, -0.2) is 44.8 Å². The third kappa shape index (κ3) is 6.63. The van der Waals surface area contributed by atoms with Crippen molar-refractivity contribution in [1.29, 1.82) is 0 Å². The Balaban J connectivity index is 2.07. The van der Waals surface area contributed by atoms with Gasteiger partial charge in [-0.1, -0.05) is 47.5 Å². The van der Waals surface area contributed by atoms with E-state index >= 15 is 0 Å². The van der Waals surface area contributed by atoms with E-state index in [4.69, 9.17) is 23.2 Å². The molecule has 3 rings (SSSR count). The molecule has 2 amide bonds. The lowest BCUT2D eigenvalue weighted by Gasteiger charge is -2.32. The zero-order valence-electron chi connectivity index (χ0n) is 21.0. The van der Waals surface area contributed by atoms with E-state index in [1.807, 2.05) is 13.8 Å². The van der Waals surface area contributed by atoms with Gasteiger partial charge in [0.05, 0.1) is 10.6 Å². The minimum absolute atomic E-state index is 0.0140. The molecule has 196 valence electrons. The van der Waals surface area contributed by atoms with Crippen LogP contribution in [0.15, 0.2) is 71.6 Å². The molecular formula is C27H29Cl2N3O4S. The first-order chi connectivity index (χ1) is 17.4. The quantitative estimate of drug-likeness (QED) is 0.399. The zero-order chi connectivity index (χ0) is 27.3. The summed E-state index contributed by atoms with van der Waals surface area (Å²) in [5.41, 5.74) is 2.81. The third-order valence-electron chi connectivity index (χ3n) is 6.17. The van der Waals surface area contributed by atoms with Gasteiger partial charge in [0.2, 0.25) is 11.8 Å². The van der Waals surface area contributed by atoms with Crippen LogP contribution in [-0.2, 0) is 26.2 Å². The summed E-state index contributed by atoms with van der Waals surface area (Å²) in [5, 5.41) is 3.37. The highest BCUT2D eigenvalue weighted by molar-refractivity contribution is 7.92. The van der Waals surface area contributed by atoms with E-state index in [9.17, 15) is 18.0 Å². The van der Waals surface area contributed by atoms with Crippen molar-refractivity contribution in [1.82, 2.24) is 10.2 Å². The fourth-order valence-electron chi connectivity index (χ4n) is 3.74. The Morgan fingerprint density at radius 3 is 2.19 bits per heavy atom. The minimum atomic E-state index is -4.16. The van der Waals surface area contributed by atoms with Crippen molar-refractivity contribution in [3.63, 3.8) is 0 Å². The van der Waals surface area contributed by atoms with Crippen LogP contribution in [0.5, 0.6) is 0 Å². The van der Waals surface area contributed by atoms with Crippen LogP contribution in [0.1, 0.15) is 23.6 Å². The van der Waals surface area contributed by atoms with Gasteiger partial charge in [0.25, 0.3) is 10.0 Å². The van der Waals surface area contributed by atoms with Gasteiger partial charge in [-0.25, -0.2) is 8.42 Å². The first kappa shape index (κ1) is 28.5. The third-order valence-corrected chi connectivity index (χ3v) is 8.58. The molecule has 0 aliphatic heterocycles. The number of anilines is 1. The molecular weight excluding hydrogens is 533 g/mol. The second-order valence-corrected chi connectivity index (χ2v) is 11.3. The molecule has 3 aromatic rings. The number of nitrogens with one attached hydrogen (secondary N) is 1. The average molecular weight is 563 g/mol. The molecule has 3 aromatic carbocycles. The number of carbonyl (C=O) groups excluding carboxylic acids is 2. The maximum absolute atomic E-state index is 13.8. The van der Waals surface area contributed by atoms with Crippen molar-refractivity contribution in [2.24, 2.45) is 0 Å². The monoisotopic (exact) mass is 561 g/mol. The van der Waals surface area contributed by atoms with Crippen LogP contribution in [0.2, 0.25) is 10.0 Å². The van der Waals surface area contributed by atoms with Gasteiger partial charge in [-0.2, -0.15) is 0 Å². The maximum atomic E-state index is 13.8. The molecule has 0 spiro atoms. The first-order valence-corrected chi connectivity index (χ1v) is 13.7. The van der Waals surface area contributed by atoms with Gasteiger partial charge >= 0.3 is 0 Å². The summed E-state index contributed by atoms with van der Waals surface area (Å²) in [5.74, 6) is -0.953. The summed E-state index contributed by atoms with van der Waals surface area (Å²) in [6.07, 6.45) is 0. The molecule has 10 heteroatoms. The van der Waals surface area contributed by atoms with Crippen molar-refractivity contribution in [2.75, 3.05) is 17.9 Å². The van der Waals surface area contributed by atoms with Gasteiger partial charge in [0, 0.05) is 23.6 Å². The molecule has 0 aromatic heterocycles. The lowest BCUT2D eigenvalue weighted by Crippen LogP contribution is -2.50. The Morgan fingerprint density at radius 2 is 1.59 bits per heavy atom. The molecule has 0 fully saturated rings. The standard InChI is InChI=1S/C27H29Cl2N3O4S/c1-18-9-12-23(15-19(18)2)32(37(35,36)24-13-10-22(28)11-14-24)17-26(33)31(20(3)27(34)30-4)16-21-7-5-6-8-25(21)29/h5-15,20H,16-17H2,1-4H3,(H,30,34)/t20-/m0/s1. The summed E-state index contributed by atoms with van der Waals surface area (Å²) < 4.78 is 28.6. The molecule has 0 radical (unpaired) electrons.